The predicted octanol–water partition coefficient (Wildman–Crippen LogP) is 4.14. The molecular formula is C22H14ClF2N5O4S. The van der Waals surface area contributed by atoms with Crippen LogP contribution in [-0.4, -0.2) is 45.2 Å². The first-order chi connectivity index (χ1) is 16.6. The van der Waals surface area contributed by atoms with Gasteiger partial charge in [-0.1, -0.05) is 0 Å². The van der Waals surface area contributed by atoms with Crippen LogP contribution in [0.2, 0.25) is 0 Å². The minimum Gasteiger partial charge on any atom is -0.420 e. The lowest BCUT2D eigenvalue weighted by atomic mass is 10.0. The van der Waals surface area contributed by atoms with Gasteiger partial charge in [-0.25, -0.2) is 23.4 Å². The van der Waals surface area contributed by atoms with Gasteiger partial charge in [-0.05, 0) is 36.4 Å². The minimum absolute atomic E-state index is 0.124. The largest absolute Gasteiger partial charge is 0.487 e. The van der Waals surface area contributed by atoms with Gasteiger partial charge >= 0.3 is 5.57 Å². The fourth-order valence-electron chi connectivity index (χ4n) is 3.61. The van der Waals surface area contributed by atoms with E-state index in [1.807, 2.05) is 0 Å². The number of nitrogens with zero attached hydrogens (tertiary/aromatic N) is 4. The van der Waals surface area contributed by atoms with Crippen molar-refractivity contribution in [2.75, 3.05) is 11.1 Å². The SMILES string of the molecule is O=C(Nc1ccc(OC(F)(F)Cl)cc1)c1cc(-c2cncnc2)c2c(c1)ncn2C1=CS(=O)(=O)C1. The summed E-state index contributed by atoms with van der Waals surface area (Å²) < 4.78 is 54.8. The van der Waals surface area contributed by atoms with Gasteiger partial charge in [-0.3, -0.25) is 4.79 Å². The van der Waals surface area contributed by atoms with Gasteiger partial charge in [0.2, 0.25) is 0 Å². The lowest BCUT2D eigenvalue weighted by Crippen LogP contribution is -2.19. The fourth-order valence-corrected chi connectivity index (χ4v) is 4.74. The minimum atomic E-state index is -3.85. The number of anilines is 1. The van der Waals surface area contributed by atoms with E-state index in [2.05, 4.69) is 25.0 Å². The maximum Gasteiger partial charge on any atom is 0.487 e. The van der Waals surface area contributed by atoms with Crippen LogP contribution in [0, 0.1) is 0 Å². The normalized spacial score (nSPS) is 14.8. The monoisotopic (exact) mass is 517 g/mol. The number of amides is 1. The molecule has 178 valence electrons. The smallest absolute Gasteiger partial charge is 0.420 e. The van der Waals surface area contributed by atoms with E-state index in [9.17, 15) is 22.0 Å². The third-order valence-electron chi connectivity index (χ3n) is 5.10. The zero-order valence-electron chi connectivity index (χ0n) is 17.5. The first kappa shape index (κ1) is 22.9. The van der Waals surface area contributed by atoms with Crippen molar-refractivity contribution in [2.24, 2.45) is 0 Å². The maximum atomic E-state index is 13.0. The van der Waals surface area contributed by atoms with E-state index in [0.29, 0.717) is 33.5 Å². The standard InChI is InChI=1S/C22H14ClF2N5O4S/c23-22(24,25)34-17-3-1-15(2-4-17)29-21(31)13-5-18(14-7-26-11-27-8-14)20-19(6-13)28-12-30(20)16-9-35(32,33)10-16/h1-9,11-12H,10H2,(H,29,31). The van der Waals surface area contributed by atoms with Crippen molar-refractivity contribution in [1.29, 1.82) is 0 Å². The summed E-state index contributed by atoms with van der Waals surface area (Å²) in [6.07, 6.45) is 5.99. The number of benzene rings is 2. The Bertz CT molecular complexity index is 1580. The second-order valence-electron chi connectivity index (χ2n) is 7.58. The molecule has 2 aromatic heterocycles. The Kier molecular flexibility index (Phi) is 5.49. The summed E-state index contributed by atoms with van der Waals surface area (Å²) in [6.45, 7) is 0. The Balaban J connectivity index is 1.51. The summed E-state index contributed by atoms with van der Waals surface area (Å²) in [5.74, 6) is -0.782. The number of fused-ring (bicyclic) bond motifs is 1. The molecule has 0 unspecified atom stereocenters. The quantitative estimate of drug-likeness (QED) is 0.382. The molecule has 4 aromatic rings. The predicted molar refractivity (Wildman–Crippen MR) is 125 cm³/mol. The number of hydrogen-bond acceptors (Lipinski definition) is 7. The van der Waals surface area contributed by atoms with Gasteiger partial charge in [0, 0.05) is 46.4 Å². The second kappa shape index (κ2) is 8.40. The molecule has 1 N–H and O–H groups in total. The molecule has 2 aromatic carbocycles. The first-order valence-electron chi connectivity index (χ1n) is 9.95. The van der Waals surface area contributed by atoms with Crippen molar-refractivity contribution in [3.8, 4) is 16.9 Å². The number of sulfone groups is 1. The Labute approximate surface area is 202 Å². The van der Waals surface area contributed by atoms with Crippen molar-refractivity contribution >= 4 is 49.8 Å². The molecule has 0 fully saturated rings. The summed E-state index contributed by atoms with van der Waals surface area (Å²) in [5.41, 5.74) is -0.488. The van der Waals surface area contributed by atoms with Crippen molar-refractivity contribution in [2.45, 2.75) is 5.57 Å². The molecule has 1 aliphatic rings. The van der Waals surface area contributed by atoms with Crippen LogP contribution in [0.1, 0.15) is 10.4 Å². The average Bonchev–Trinajstić information content (AvgIpc) is 3.21. The summed E-state index contributed by atoms with van der Waals surface area (Å²) in [5, 5.41) is 3.86. The van der Waals surface area contributed by atoms with Crippen LogP contribution in [-0.2, 0) is 9.84 Å². The number of imidazole rings is 1. The molecule has 1 amide bonds. The van der Waals surface area contributed by atoms with Gasteiger partial charge in [-0.2, -0.15) is 0 Å². The highest BCUT2D eigenvalue weighted by atomic mass is 35.5. The van der Waals surface area contributed by atoms with E-state index >= 15 is 0 Å². The maximum absolute atomic E-state index is 13.0. The van der Waals surface area contributed by atoms with E-state index < -0.39 is 21.3 Å². The lowest BCUT2D eigenvalue weighted by molar-refractivity contribution is -0.0964. The van der Waals surface area contributed by atoms with E-state index in [4.69, 9.17) is 11.6 Å². The van der Waals surface area contributed by atoms with Crippen LogP contribution in [0.15, 0.2) is 66.9 Å². The number of hydrogen-bond donors (Lipinski definition) is 1. The Morgan fingerprint density at radius 3 is 2.46 bits per heavy atom. The third kappa shape index (κ3) is 4.84. The Hall–Kier alpha value is -3.90. The molecule has 0 saturated heterocycles. The zero-order chi connectivity index (χ0) is 24.8. The van der Waals surface area contributed by atoms with Crippen molar-refractivity contribution < 1.29 is 26.7 Å². The van der Waals surface area contributed by atoms with Gasteiger partial charge in [-0.15, -0.1) is 8.78 Å². The number of nitrogens with one attached hydrogen (secondary N) is 1. The highest BCUT2D eigenvalue weighted by Crippen LogP contribution is 2.34. The second-order valence-corrected chi connectivity index (χ2v) is 9.87. The van der Waals surface area contributed by atoms with Gasteiger partial charge < -0.3 is 14.6 Å². The molecule has 0 aliphatic carbocycles. The fraction of sp³-hybridized carbons (Fsp3) is 0.0909. The molecule has 0 spiro atoms. The van der Waals surface area contributed by atoms with E-state index in [1.54, 1.807) is 29.1 Å². The number of aromatic nitrogens is 4. The molecule has 0 atom stereocenters. The Morgan fingerprint density at radius 1 is 1.14 bits per heavy atom. The molecular weight excluding hydrogens is 504 g/mol. The van der Waals surface area contributed by atoms with Crippen molar-refractivity contribution in [3.05, 3.63) is 72.4 Å². The summed E-state index contributed by atoms with van der Waals surface area (Å²) in [7, 11) is -3.23. The van der Waals surface area contributed by atoms with E-state index in [1.165, 1.54) is 42.3 Å². The van der Waals surface area contributed by atoms with Gasteiger partial charge in [0.15, 0.2) is 9.84 Å². The number of halogens is 3. The van der Waals surface area contributed by atoms with Gasteiger partial charge in [0.05, 0.1) is 27.9 Å². The van der Waals surface area contributed by atoms with Crippen LogP contribution in [0.25, 0.3) is 27.9 Å². The molecule has 5 rings (SSSR count). The van der Waals surface area contributed by atoms with Crippen LogP contribution in [0.3, 0.4) is 0 Å². The van der Waals surface area contributed by atoms with Crippen LogP contribution in [0.4, 0.5) is 14.5 Å². The lowest BCUT2D eigenvalue weighted by Gasteiger charge is -2.18. The number of alkyl halides is 3. The highest BCUT2D eigenvalue weighted by Gasteiger charge is 2.28. The summed E-state index contributed by atoms with van der Waals surface area (Å²) >= 11 is 4.76. The average molecular weight is 518 g/mol. The molecule has 0 saturated carbocycles. The van der Waals surface area contributed by atoms with Crippen LogP contribution >= 0.6 is 11.6 Å². The first-order valence-corrected chi connectivity index (χ1v) is 12.0. The third-order valence-corrected chi connectivity index (χ3v) is 6.50. The summed E-state index contributed by atoms with van der Waals surface area (Å²) in [6, 6.07) is 8.44. The summed E-state index contributed by atoms with van der Waals surface area (Å²) in [4.78, 5) is 25.4. The zero-order valence-corrected chi connectivity index (χ0v) is 19.1. The molecule has 0 bridgehead atoms. The molecule has 9 nitrogen and oxygen atoms in total. The number of rotatable bonds is 6. The molecule has 35 heavy (non-hydrogen) atoms. The molecule has 13 heteroatoms. The number of carbonyl (C=O) groups excluding carboxylic acids is 1. The van der Waals surface area contributed by atoms with Gasteiger partial charge in [0.1, 0.15) is 18.4 Å². The molecule has 1 aliphatic heterocycles. The number of carbonyl (C=O) groups is 1. The molecule has 0 radical (unpaired) electrons. The molecule has 3 heterocycles. The van der Waals surface area contributed by atoms with E-state index in [-0.39, 0.29) is 17.1 Å². The van der Waals surface area contributed by atoms with Crippen LogP contribution < -0.4 is 10.1 Å². The van der Waals surface area contributed by atoms with Crippen molar-refractivity contribution in [3.63, 3.8) is 0 Å². The number of ether oxygens (including phenoxy) is 1. The topological polar surface area (TPSA) is 116 Å². The van der Waals surface area contributed by atoms with Gasteiger partial charge in [0.25, 0.3) is 5.91 Å². The van der Waals surface area contributed by atoms with E-state index in [0.717, 1.165) is 0 Å². The Morgan fingerprint density at radius 2 is 1.83 bits per heavy atom. The highest BCUT2D eigenvalue weighted by molar-refractivity contribution is 7.96. The van der Waals surface area contributed by atoms with Crippen LogP contribution in [0.5, 0.6) is 5.75 Å². The van der Waals surface area contributed by atoms with Crippen molar-refractivity contribution in [1.82, 2.24) is 19.5 Å².